The Balaban J connectivity index is 2.16. The summed E-state index contributed by atoms with van der Waals surface area (Å²) in [5, 5.41) is 0. The van der Waals surface area contributed by atoms with Gasteiger partial charge in [0.05, 0.1) is 16.8 Å². The Morgan fingerprint density at radius 1 is 1.00 bits per heavy atom. The van der Waals surface area contributed by atoms with Gasteiger partial charge in [-0.3, -0.25) is 14.6 Å². The zero-order chi connectivity index (χ0) is 12.7. The second kappa shape index (κ2) is 3.77. The van der Waals surface area contributed by atoms with Crippen LogP contribution in [0.25, 0.3) is 0 Å². The summed E-state index contributed by atoms with van der Waals surface area (Å²) in [4.78, 5) is 29.7. The first-order valence-corrected chi connectivity index (χ1v) is 5.58. The van der Waals surface area contributed by atoms with E-state index in [2.05, 4.69) is 4.98 Å². The second-order valence-corrected chi connectivity index (χ2v) is 4.15. The minimum absolute atomic E-state index is 0.273. The Bertz CT molecular complexity index is 629. The molecule has 4 nitrogen and oxygen atoms in total. The van der Waals surface area contributed by atoms with Crippen LogP contribution in [0.3, 0.4) is 0 Å². The number of benzene rings is 1. The fourth-order valence-electron chi connectivity index (χ4n) is 2.12. The number of rotatable bonds is 1. The summed E-state index contributed by atoms with van der Waals surface area (Å²) in [6, 6.07) is 8.54. The van der Waals surface area contributed by atoms with Crippen LogP contribution in [0, 0.1) is 6.92 Å². The molecule has 0 unspecified atom stereocenters. The van der Waals surface area contributed by atoms with Gasteiger partial charge in [-0.25, -0.2) is 4.90 Å². The molecule has 0 spiro atoms. The number of amides is 2. The number of fused-ring (bicyclic) bond motifs is 1. The number of carbonyl (C=O) groups is 2. The smallest absolute Gasteiger partial charge is 0.266 e. The van der Waals surface area contributed by atoms with Crippen LogP contribution < -0.4 is 4.90 Å². The molecule has 0 saturated heterocycles. The van der Waals surface area contributed by atoms with Gasteiger partial charge in [-0.2, -0.15) is 0 Å². The molecule has 2 heterocycles. The molecule has 18 heavy (non-hydrogen) atoms. The maximum atomic E-state index is 12.2. The zero-order valence-corrected chi connectivity index (χ0v) is 9.75. The minimum atomic E-state index is -0.273. The first-order chi connectivity index (χ1) is 8.70. The second-order valence-electron chi connectivity index (χ2n) is 4.15. The Morgan fingerprint density at radius 3 is 2.17 bits per heavy atom. The minimum Gasteiger partial charge on any atom is -0.268 e. The molecule has 0 saturated carbocycles. The van der Waals surface area contributed by atoms with Gasteiger partial charge < -0.3 is 0 Å². The third kappa shape index (κ3) is 1.35. The summed E-state index contributed by atoms with van der Waals surface area (Å²) in [5.74, 6) is -0.546. The number of imide groups is 1. The molecule has 0 atom stereocenters. The molecule has 0 fully saturated rings. The Morgan fingerprint density at radius 2 is 1.61 bits per heavy atom. The maximum Gasteiger partial charge on any atom is 0.266 e. The molecule has 88 valence electrons. The number of hydrogen-bond acceptors (Lipinski definition) is 3. The van der Waals surface area contributed by atoms with E-state index in [9.17, 15) is 9.59 Å². The maximum absolute atomic E-state index is 12.2. The molecule has 3 rings (SSSR count). The fourth-order valence-corrected chi connectivity index (χ4v) is 2.12. The number of aryl methyl sites for hydroxylation is 1. The van der Waals surface area contributed by atoms with Crippen LogP contribution in [0.2, 0.25) is 0 Å². The number of pyridine rings is 1. The molecule has 1 aliphatic heterocycles. The van der Waals surface area contributed by atoms with Crippen molar-refractivity contribution in [2.45, 2.75) is 6.92 Å². The third-order valence-electron chi connectivity index (χ3n) is 3.03. The number of aromatic nitrogens is 1. The third-order valence-corrected chi connectivity index (χ3v) is 3.03. The lowest BCUT2D eigenvalue weighted by atomic mass is 10.1. The van der Waals surface area contributed by atoms with Crippen molar-refractivity contribution in [3.8, 4) is 0 Å². The van der Waals surface area contributed by atoms with E-state index in [0.717, 1.165) is 5.56 Å². The zero-order valence-electron chi connectivity index (χ0n) is 9.75. The molecule has 2 amide bonds. The predicted octanol–water partition coefficient (Wildman–Crippen LogP) is 2.19. The van der Waals surface area contributed by atoms with Crippen LogP contribution in [0.1, 0.15) is 26.3 Å². The molecule has 0 radical (unpaired) electrons. The van der Waals surface area contributed by atoms with E-state index in [1.807, 2.05) is 6.92 Å². The molecular weight excluding hydrogens is 228 g/mol. The number of carbonyl (C=O) groups excluding carboxylic acids is 2. The molecule has 4 heteroatoms. The molecule has 2 aromatic rings. The predicted molar refractivity (Wildman–Crippen MR) is 66.6 cm³/mol. The summed E-state index contributed by atoms with van der Waals surface area (Å²) >= 11 is 0. The van der Waals surface area contributed by atoms with E-state index in [1.165, 1.54) is 4.90 Å². The van der Waals surface area contributed by atoms with Crippen molar-refractivity contribution >= 4 is 17.5 Å². The molecule has 1 aromatic carbocycles. The average Bonchev–Trinajstić information content (AvgIpc) is 2.64. The van der Waals surface area contributed by atoms with Gasteiger partial charge in [0.15, 0.2) is 0 Å². The molecular formula is C14H10N2O2. The molecule has 0 aliphatic carbocycles. The van der Waals surface area contributed by atoms with Gasteiger partial charge in [0.25, 0.3) is 11.8 Å². The van der Waals surface area contributed by atoms with Crippen molar-refractivity contribution in [2.75, 3.05) is 4.90 Å². The first-order valence-electron chi connectivity index (χ1n) is 5.58. The Kier molecular flexibility index (Phi) is 2.23. The van der Waals surface area contributed by atoms with Crippen molar-refractivity contribution in [2.24, 2.45) is 0 Å². The summed E-state index contributed by atoms with van der Waals surface area (Å²) in [5.41, 5.74) is 2.31. The number of anilines is 1. The number of hydrogen-bond donors (Lipinski definition) is 0. The summed E-state index contributed by atoms with van der Waals surface area (Å²) in [6.45, 7) is 1.83. The van der Waals surface area contributed by atoms with E-state index < -0.39 is 0 Å². The lowest BCUT2D eigenvalue weighted by molar-refractivity contribution is 0.0926. The van der Waals surface area contributed by atoms with E-state index in [0.29, 0.717) is 16.8 Å². The van der Waals surface area contributed by atoms with Crippen LogP contribution in [0.4, 0.5) is 5.69 Å². The average molecular weight is 238 g/mol. The van der Waals surface area contributed by atoms with Gasteiger partial charge in [-0.1, -0.05) is 12.1 Å². The van der Waals surface area contributed by atoms with E-state index >= 15 is 0 Å². The molecule has 0 bridgehead atoms. The SMILES string of the molecule is Cc1cnccc1N1C(=O)c2ccccc2C1=O. The topological polar surface area (TPSA) is 50.3 Å². The van der Waals surface area contributed by atoms with Crippen molar-refractivity contribution in [3.63, 3.8) is 0 Å². The fraction of sp³-hybridized carbons (Fsp3) is 0.0714. The Labute approximate surface area is 104 Å². The first kappa shape index (κ1) is 10.7. The van der Waals surface area contributed by atoms with Crippen molar-refractivity contribution in [1.82, 2.24) is 4.98 Å². The molecule has 1 aliphatic rings. The van der Waals surface area contributed by atoms with Crippen LogP contribution in [0.15, 0.2) is 42.7 Å². The van der Waals surface area contributed by atoms with Gasteiger partial charge >= 0.3 is 0 Å². The summed E-state index contributed by atoms with van der Waals surface area (Å²) < 4.78 is 0. The summed E-state index contributed by atoms with van der Waals surface area (Å²) in [6.07, 6.45) is 3.21. The normalized spacial score (nSPS) is 13.9. The van der Waals surface area contributed by atoms with Gasteiger partial charge in [0.1, 0.15) is 0 Å². The monoisotopic (exact) mass is 238 g/mol. The quantitative estimate of drug-likeness (QED) is 0.715. The Hall–Kier alpha value is -2.49. The van der Waals surface area contributed by atoms with Crippen LogP contribution in [-0.4, -0.2) is 16.8 Å². The van der Waals surface area contributed by atoms with Gasteiger partial charge in [-0.05, 0) is 30.7 Å². The van der Waals surface area contributed by atoms with E-state index in [4.69, 9.17) is 0 Å². The van der Waals surface area contributed by atoms with E-state index in [-0.39, 0.29) is 11.8 Å². The van der Waals surface area contributed by atoms with Gasteiger partial charge in [0, 0.05) is 12.4 Å². The van der Waals surface area contributed by atoms with Gasteiger partial charge in [0.2, 0.25) is 0 Å². The van der Waals surface area contributed by atoms with Crippen molar-refractivity contribution < 1.29 is 9.59 Å². The summed E-state index contributed by atoms with van der Waals surface area (Å²) in [7, 11) is 0. The highest BCUT2D eigenvalue weighted by Crippen LogP contribution is 2.29. The van der Waals surface area contributed by atoms with E-state index in [1.54, 1.807) is 42.7 Å². The van der Waals surface area contributed by atoms with Crippen LogP contribution in [0.5, 0.6) is 0 Å². The molecule has 0 N–H and O–H groups in total. The van der Waals surface area contributed by atoms with Crippen molar-refractivity contribution in [3.05, 3.63) is 59.4 Å². The standard InChI is InChI=1S/C14H10N2O2/c1-9-8-15-7-6-12(9)16-13(17)10-4-2-3-5-11(10)14(16)18/h2-8H,1H3. The highest BCUT2D eigenvalue weighted by Gasteiger charge is 2.36. The van der Waals surface area contributed by atoms with Gasteiger partial charge in [-0.15, -0.1) is 0 Å². The largest absolute Gasteiger partial charge is 0.268 e. The highest BCUT2D eigenvalue weighted by atomic mass is 16.2. The highest BCUT2D eigenvalue weighted by molar-refractivity contribution is 6.34. The lowest BCUT2D eigenvalue weighted by Crippen LogP contribution is -2.30. The lowest BCUT2D eigenvalue weighted by Gasteiger charge is -2.15. The van der Waals surface area contributed by atoms with Crippen LogP contribution >= 0.6 is 0 Å². The van der Waals surface area contributed by atoms with Crippen LogP contribution in [-0.2, 0) is 0 Å². The number of nitrogens with zero attached hydrogens (tertiary/aromatic N) is 2. The van der Waals surface area contributed by atoms with Crippen molar-refractivity contribution in [1.29, 1.82) is 0 Å². The molecule has 1 aromatic heterocycles.